The number of hydrogen-bond donors (Lipinski definition) is 2. The molecule has 2 aromatic carbocycles. The van der Waals surface area contributed by atoms with Crippen molar-refractivity contribution in [3.63, 3.8) is 0 Å². The minimum absolute atomic E-state index is 0.323. The average molecular weight is 418 g/mol. The lowest BCUT2D eigenvalue weighted by atomic mass is 10.2. The Morgan fingerprint density at radius 2 is 1.79 bits per heavy atom. The molecular weight excluding hydrogens is 398 g/mol. The zero-order valence-corrected chi connectivity index (χ0v) is 16.7. The van der Waals surface area contributed by atoms with Crippen LogP contribution in [0.25, 0.3) is 21.1 Å². The van der Waals surface area contributed by atoms with E-state index < -0.39 is 0 Å². The van der Waals surface area contributed by atoms with Crippen LogP contribution in [0.15, 0.2) is 48.5 Å². The zero-order valence-electron chi connectivity index (χ0n) is 15.1. The molecular formula is C20H20ClN3O3S. The monoisotopic (exact) mass is 417 g/mol. The number of nitrogens with one attached hydrogen (secondary N) is 1. The van der Waals surface area contributed by atoms with Gasteiger partial charge >= 0.3 is 0 Å². The maximum atomic E-state index is 10.9. The number of rotatable bonds is 9. The first-order valence-corrected chi connectivity index (χ1v) is 10.1. The molecule has 3 aromatic rings. The number of halogens is 1. The molecule has 0 unspecified atom stereocenters. The second kappa shape index (κ2) is 10.2. The van der Waals surface area contributed by atoms with Gasteiger partial charge in [-0.2, -0.15) is 0 Å². The summed E-state index contributed by atoms with van der Waals surface area (Å²) in [4.78, 5) is 10.9. The van der Waals surface area contributed by atoms with E-state index in [-0.39, 0.29) is 5.91 Å². The van der Waals surface area contributed by atoms with Gasteiger partial charge in [0.2, 0.25) is 5.91 Å². The van der Waals surface area contributed by atoms with E-state index in [2.05, 4.69) is 10.2 Å². The highest BCUT2D eigenvalue weighted by atomic mass is 35.5. The maximum Gasteiger partial charge on any atom is 0.243 e. The quantitative estimate of drug-likeness (QED) is 0.291. The Hall–Kier alpha value is -2.48. The van der Waals surface area contributed by atoms with E-state index in [1.807, 2.05) is 48.5 Å². The standard InChI is InChI=1S/C20H20ClN3O3S/c21-17-7-4-3-6-16(17)20-23-22-19(28-20)14-9-11-15(12-10-14)27-13-5-1-2-8-18(25)24-26/h3-4,6-7,9-12,26H,1-2,5,8,13H2,(H,24,25). The van der Waals surface area contributed by atoms with Gasteiger partial charge in [-0.15, -0.1) is 10.2 Å². The largest absolute Gasteiger partial charge is 0.494 e. The van der Waals surface area contributed by atoms with Crippen molar-refractivity contribution in [3.8, 4) is 26.9 Å². The summed E-state index contributed by atoms with van der Waals surface area (Å²) in [6.07, 6.45) is 2.75. The number of ether oxygens (including phenoxy) is 1. The number of aromatic nitrogens is 2. The third-order valence-corrected chi connectivity index (χ3v) is 5.41. The van der Waals surface area contributed by atoms with Crippen molar-refractivity contribution in [2.24, 2.45) is 0 Å². The summed E-state index contributed by atoms with van der Waals surface area (Å²) in [7, 11) is 0. The maximum absolute atomic E-state index is 10.9. The normalized spacial score (nSPS) is 10.6. The SMILES string of the molecule is O=C(CCCCCOc1ccc(-c2nnc(-c3ccccc3Cl)s2)cc1)NO. The number of unbranched alkanes of at least 4 members (excludes halogenated alkanes) is 2. The molecule has 0 spiro atoms. The van der Waals surface area contributed by atoms with Gasteiger partial charge in [-0.25, -0.2) is 5.48 Å². The van der Waals surface area contributed by atoms with E-state index in [4.69, 9.17) is 21.5 Å². The van der Waals surface area contributed by atoms with Gasteiger partial charge in [-0.3, -0.25) is 10.0 Å². The molecule has 2 N–H and O–H groups in total. The van der Waals surface area contributed by atoms with Crippen molar-refractivity contribution in [2.75, 3.05) is 6.61 Å². The molecule has 1 heterocycles. The molecule has 28 heavy (non-hydrogen) atoms. The molecule has 0 bridgehead atoms. The minimum atomic E-state index is -0.356. The molecule has 0 atom stereocenters. The fourth-order valence-electron chi connectivity index (χ4n) is 2.59. The second-order valence-electron chi connectivity index (χ2n) is 6.11. The lowest BCUT2D eigenvalue weighted by molar-refractivity contribution is -0.129. The van der Waals surface area contributed by atoms with Gasteiger partial charge < -0.3 is 4.74 Å². The van der Waals surface area contributed by atoms with Gasteiger partial charge in [-0.05, 0) is 49.6 Å². The molecule has 0 saturated carbocycles. The molecule has 3 rings (SSSR count). The first kappa shape index (κ1) is 20.3. The predicted octanol–water partition coefficient (Wildman–Crippen LogP) is 4.97. The summed E-state index contributed by atoms with van der Waals surface area (Å²) in [5, 5.41) is 19.2. The Bertz CT molecular complexity index is 915. The first-order valence-electron chi connectivity index (χ1n) is 8.92. The molecule has 0 aliphatic rings. The van der Waals surface area contributed by atoms with Crippen LogP contribution < -0.4 is 10.2 Å². The van der Waals surface area contributed by atoms with E-state index in [0.717, 1.165) is 46.2 Å². The highest BCUT2D eigenvalue weighted by molar-refractivity contribution is 7.18. The van der Waals surface area contributed by atoms with Crippen molar-refractivity contribution >= 4 is 28.8 Å². The van der Waals surface area contributed by atoms with Crippen LogP contribution in [0, 0.1) is 0 Å². The van der Waals surface area contributed by atoms with Crippen LogP contribution in [-0.2, 0) is 4.79 Å². The van der Waals surface area contributed by atoms with Crippen LogP contribution in [0.3, 0.4) is 0 Å². The highest BCUT2D eigenvalue weighted by Crippen LogP contribution is 2.34. The number of benzene rings is 2. The summed E-state index contributed by atoms with van der Waals surface area (Å²) >= 11 is 7.72. The van der Waals surface area contributed by atoms with E-state index in [9.17, 15) is 4.79 Å². The Kier molecular flexibility index (Phi) is 7.36. The number of hydrogen-bond acceptors (Lipinski definition) is 6. The van der Waals surface area contributed by atoms with Crippen molar-refractivity contribution in [1.82, 2.24) is 15.7 Å². The van der Waals surface area contributed by atoms with Gasteiger partial charge in [0, 0.05) is 17.5 Å². The van der Waals surface area contributed by atoms with Crippen molar-refractivity contribution in [2.45, 2.75) is 25.7 Å². The fourth-order valence-corrected chi connectivity index (χ4v) is 3.76. The molecule has 0 saturated heterocycles. The average Bonchev–Trinajstić information content (AvgIpc) is 3.21. The molecule has 8 heteroatoms. The third kappa shape index (κ3) is 5.51. The van der Waals surface area contributed by atoms with Crippen LogP contribution in [0.4, 0.5) is 0 Å². The molecule has 0 aliphatic carbocycles. The van der Waals surface area contributed by atoms with E-state index in [1.54, 1.807) is 5.48 Å². The third-order valence-electron chi connectivity index (χ3n) is 4.07. The number of carbonyl (C=O) groups excluding carboxylic acids is 1. The second-order valence-corrected chi connectivity index (χ2v) is 7.50. The lowest BCUT2D eigenvalue weighted by Crippen LogP contribution is -2.17. The van der Waals surface area contributed by atoms with Crippen molar-refractivity contribution in [3.05, 3.63) is 53.6 Å². The van der Waals surface area contributed by atoms with E-state index in [0.29, 0.717) is 18.1 Å². The van der Waals surface area contributed by atoms with Gasteiger partial charge in [0.1, 0.15) is 15.8 Å². The molecule has 0 aliphatic heterocycles. The van der Waals surface area contributed by atoms with Gasteiger partial charge in [0.25, 0.3) is 0 Å². The van der Waals surface area contributed by atoms with Gasteiger partial charge in [0.15, 0.2) is 0 Å². The zero-order chi connectivity index (χ0) is 19.8. The Balaban J connectivity index is 1.51. The summed E-state index contributed by atoms with van der Waals surface area (Å²) in [5.41, 5.74) is 3.48. The first-order chi connectivity index (χ1) is 13.7. The number of nitrogens with zero attached hydrogens (tertiary/aromatic N) is 2. The predicted molar refractivity (Wildman–Crippen MR) is 110 cm³/mol. The number of carbonyl (C=O) groups is 1. The van der Waals surface area contributed by atoms with Crippen LogP contribution in [0.5, 0.6) is 5.75 Å². The van der Waals surface area contributed by atoms with Gasteiger partial charge in [-0.1, -0.05) is 41.1 Å². The fraction of sp³-hybridized carbons (Fsp3) is 0.250. The molecule has 0 radical (unpaired) electrons. The topological polar surface area (TPSA) is 84.3 Å². The molecule has 6 nitrogen and oxygen atoms in total. The summed E-state index contributed by atoms with van der Waals surface area (Å²) < 4.78 is 5.72. The smallest absolute Gasteiger partial charge is 0.243 e. The molecule has 146 valence electrons. The van der Waals surface area contributed by atoms with E-state index in [1.165, 1.54) is 11.3 Å². The number of hydroxylamine groups is 1. The summed E-state index contributed by atoms with van der Waals surface area (Å²) in [6, 6.07) is 15.3. The Labute approximate surface area is 172 Å². The summed E-state index contributed by atoms with van der Waals surface area (Å²) in [5.74, 6) is 0.429. The Morgan fingerprint density at radius 1 is 1.04 bits per heavy atom. The Morgan fingerprint density at radius 3 is 2.54 bits per heavy atom. The van der Waals surface area contributed by atoms with Crippen LogP contribution in [0.1, 0.15) is 25.7 Å². The van der Waals surface area contributed by atoms with Crippen LogP contribution >= 0.6 is 22.9 Å². The lowest BCUT2D eigenvalue weighted by Gasteiger charge is -2.06. The highest BCUT2D eigenvalue weighted by Gasteiger charge is 2.11. The van der Waals surface area contributed by atoms with Crippen LogP contribution in [0.2, 0.25) is 5.02 Å². The minimum Gasteiger partial charge on any atom is -0.494 e. The van der Waals surface area contributed by atoms with Gasteiger partial charge in [0.05, 0.1) is 11.6 Å². The summed E-state index contributed by atoms with van der Waals surface area (Å²) in [6.45, 7) is 0.579. The number of amides is 1. The molecule has 1 amide bonds. The molecule has 1 aromatic heterocycles. The van der Waals surface area contributed by atoms with Crippen molar-refractivity contribution < 1.29 is 14.7 Å². The molecule has 0 fully saturated rings. The van der Waals surface area contributed by atoms with E-state index >= 15 is 0 Å². The van der Waals surface area contributed by atoms with Crippen molar-refractivity contribution in [1.29, 1.82) is 0 Å². The van der Waals surface area contributed by atoms with Crippen LogP contribution in [-0.4, -0.2) is 27.9 Å².